The van der Waals surface area contributed by atoms with Gasteiger partial charge in [-0.05, 0) is 57.8 Å². The maximum Gasteiger partial charge on any atom is 0.220 e. The SMILES string of the molecule is CC/C=C\C/C=C\C/C=C\C/C=C\C/C=C\CCCCCCCCCCCCCCCCCCCCCC(=O)NC(COC1OC(CO)C(OC2OC(CO)C(OC3OC(CO)C(O)C(O)C3O)C(O)C2O)C(O)C1O)C(O)CCCCCCCC. The lowest BCUT2D eigenvalue weighted by Crippen LogP contribution is -2.66. The van der Waals surface area contributed by atoms with Crippen molar-refractivity contribution in [1.82, 2.24) is 5.32 Å². The van der Waals surface area contributed by atoms with Crippen molar-refractivity contribution in [3.63, 3.8) is 0 Å². The summed E-state index contributed by atoms with van der Waals surface area (Å²) < 4.78 is 34.2. The van der Waals surface area contributed by atoms with E-state index in [1.807, 2.05) is 0 Å². The van der Waals surface area contributed by atoms with Crippen LogP contribution in [-0.4, -0.2) is 193 Å². The van der Waals surface area contributed by atoms with E-state index in [9.17, 15) is 61.0 Å². The predicted octanol–water partition coefficient (Wildman–Crippen LogP) is 7.99. The van der Waals surface area contributed by atoms with Gasteiger partial charge in [0.05, 0.1) is 38.6 Å². The van der Waals surface area contributed by atoms with Crippen LogP contribution in [0.25, 0.3) is 0 Å². The fourth-order valence-electron chi connectivity index (χ4n) is 11.2. The van der Waals surface area contributed by atoms with Crippen molar-refractivity contribution >= 4 is 5.91 Å². The Morgan fingerprint density at radius 2 is 0.802 bits per heavy atom. The molecule has 500 valence electrons. The Balaban J connectivity index is 1.27. The first-order valence-corrected chi connectivity index (χ1v) is 33.5. The van der Waals surface area contributed by atoms with Crippen molar-refractivity contribution in [3.05, 3.63) is 60.8 Å². The molecule has 3 rings (SSSR count). The minimum atomic E-state index is -1.97. The van der Waals surface area contributed by atoms with Crippen LogP contribution >= 0.6 is 0 Å². The minimum Gasteiger partial charge on any atom is -0.394 e. The van der Waals surface area contributed by atoms with E-state index in [2.05, 4.69) is 79.9 Å². The standard InChI is InChI=1S/C67H119NO18/c1-3-5-7-9-11-12-13-14-15-16-17-18-19-20-21-22-23-24-25-26-27-28-29-30-31-32-33-34-35-36-37-38-39-41-43-45-55(73)68-50(51(72)44-42-40-10-8-6-4-2)49-81-65-61(79)58(76)63(53(47-70)83-65)86-67-62(80)59(77)64(54(48-71)84-67)85-66-60(78)57(75)56(74)52(46-69)82-66/h5,7,11-12,14-15,17-18,20-21,50-54,56-67,69-72,74-80H,3-4,6,8-10,13,16,19,22-49H2,1-2H3,(H,68,73)/b7-5-,12-11-,15-14-,18-17-,21-20-. The second-order valence-electron chi connectivity index (χ2n) is 23.9. The van der Waals surface area contributed by atoms with E-state index in [-0.39, 0.29) is 18.9 Å². The van der Waals surface area contributed by atoms with E-state index in [1.165, 1.54) is 103 Å². The van der Waals surface area contributed by atoms with Crippen LogP contribution in [-0.2, 0) is 33.2 Å². The number of aliphatic hydroxyl groups excluding tert-OH is 11. The second kappa shape index (κ2) is 49.2. The maximum absolute atomic E-state index is 13.3. The van der Waals surface area contributed by atoms with Crippen LogP contribution in [0.5, 0.6) is 0 Å². The normalized spacial score (nSPS) is 29.2. The Morgan fingerprint density at radius 1 is 0.430 bits per heavy atom. The van der Waals surface area contributed by atoms with Gasteiger partial charge in [-0.25, -0.2) is 0 Å². The number of ether oxygens (including phenoxy) is 6. The highest BCUT2D eigenvalue weighted by atomic mass is 16.8. The zero-order valence-corrected chi connectivity index (χ0v) is 52.5. The van der Waals surface area contributed by atoms with Crippen LogP contribution in [0, 0.1) is 0 Å². The smallest absolute Gasteiger partial charge is 0.220 e. The summed E-state index contributed by atoms with van der Waals surface area (Å²) in [5, 5.41) is 120. The van der Waals surface area contributed by atoms with Gasteiger partial charge in [0.25, 0.3) is 0 Å². The molecule has 1 amide bonds. The number of rotatable bonds is 50. The molecule has 0 aromatic carbocycles. The van der Waals surface area contributed by atoms with Crippen molar-refractivity contribution in [2.75, 3.05) is 26.4 Å². The van der Waals surface area contributed by atoms with Crippen LogP contribution in [0.3, 0.4) is 0 Å². The number of amides is 1. The first-order valence-electron chi connectivity index (χ1n) is 33.5. The number of carbonyl (C=O) groups is 1. The monoisotopic (exact) mass is 1230 g/mol. The molecule has 0 bridgehead atoms. The molecule has 0 aromatic rings. The van der Waals surface area contributed by atoms with Gasteiger partial charge in [0, 0.05) is 6.42 Å². The highest BCUT2D eigenvalue weighted by molar-refractivity contribution is 5.76. The Bertz CT molecular complexity index is 1800. The van der Waals surface area contributed by atoms with Gasteiger partial charge < -0.3 is 89.9 Å². The summed E-state index contributed by atoms with van der Waals surface area (Å²) >= 11 is 0. The summed E-state index contributed by atoms with van der Waals surface area (Å²) in [5.41, 5.74) is 0. The number of unbranched alkanes of at least 4 members (excludes halogenated alkanes) is 24. The molecule has 0 radical (unpaired) electrons. The van der Waals surface area contributed by atoms with Crippen LogP contribution in [0.2, 0.25) is 0 Å². The van der Waals surface area contributed by atoms with E-state index in [0.29, 0.717) is 12.8 Å². The summed E-state index contributed by atoms with van der Waals surface area (Å²) in [5.74, 6) is -0.248. The average molecular weight is 1230 g/mol. The molecule has 86 heavy (non-hydrogen) atoms. The Hall–Kier alpha value is -2.51. The molecule has 19 nitrogen and oxygen atoms in total. The van der Waals surface area contributed by atoms with Gasteiger partial charge in [0.15, 0.2) is 18.9 Å². The van der Waals surface area contributed by atoms with Gasteiger partial charge in [-0.15, -0.1) is 0 Å². The molecule has 0 aromatic heterocycles. The fourth-order valence-corrected chi connectivity index (χ4v) is 11.2. The average Bonchev–Trinajstić information content (AvgIpc) is 2.46. The largest absolute Gasteiger partial charge is 0.394 e. The zero-order valence-electron chi connectivity index (χ0n) is 52.5. The molecule has 0 saturated carbocycles. The van der Waals surface area contributed by atoms with Crippen molar-refractivity contribution in [2.45, 2.75) is 330 Å². The molecule has 3 heterocycles. The molecule has 3 saturated heterocycles. The molecule has 3 aliphatic heterocycles. The van der Waals surface area contributed by atoms with E-state index in [0.717, 1.165) is 89.9 Å². The van der Waals surface area contributed by atoms with Gasteiger partial charge in [0.2, 0.25) is 5.91 Å². The first kappa shape index (κ1) is 77.7. The first-order chi connectivity index (χ1) is 41.8. The maximum atomic E-state index is 13.3. The summed E-state index contributed by atoms with van der Waals surface area (Å²) in [6, 6.07) is -0.884. The van der Waals surface area contributed by atoms with Crippen molar-refractivity contribution in [3.8, 4) is 0 Å². The van der Waals surface area contributed by atoms with Crippen LogP contribution in [0.15, 0.2) is 60.8 Å². The molecule has 0 spiro atoms. The van der Waals surface area contributed by atoms with Gasteiger partial charge in [-0.2, -0.15) is 0 Å². The number of hydrogen-bond acceptors (Lipinski definition) is 18. The van der Waals surface area contributed by atoms with Gasteiger partial charge in [0.1, 0.15) is 73.2 Å². The summed E-state index contributed by atoms with van der Waals surface area (Å²) in [4.78, 5) is 13.3. The lowest BCUT2D eigenvalue weighted by molar-refractivity contribution is -0.379. The third kappa shape index (κ3) is 31.5. The molecular weight excluding hydrogens is 1110 g/mol. The van der Waals surface area contributed by atoms with Crippen molar-refractivity contribution < 1.29 is 89.4 Å². The molecule has 19 heteroatoms. The molecule has 3 aliphatic rings. The minimum absolute atomic E-state index is 0.248. The van der Waals surface area contributed by atoms with E-state index in [4.69, 9.17) is 28.4 Å². The molecule has 12 N–H and O–H groups in total. The van der Waals surface area contributed by atoms with Gasteiger partial charge >= 0.3 is 0 Å². The van der Waals surface area contributed by atoms with Crippen molar-refractivity contribution in [1.29, 1.82) is 0 Å². The van der Waals surface area contributed by atoms with E-state index >= 15 is 0 Å². The number of allylic oxidation sites excluding steroid dienone is 10. The molecule has 17 unspecified atom stereocenters. The molecule has 17 atom stereocenters. The van der Waals surface area contributed by atoms with Gasteiger partial charge in [-0.1, -0.05) is 222 Å². The summed E-state index contributed by atoms with van der Waals surface area (Å²) in [7, 11) is 0. The predicted molar refractivity (Wildman–Crippen MR) is 332 cm³/mol. The lowest BCUT2D eigenvalue weighted by atomic mass is 9.96. The fraction of sp³-hybridized carbons (Fsp3) is 0.836. The highest BCUT2D eigenvalue weighted by Crippen LogP contribution is 2.33. The highest BCUT2D eigenvalue weighted by Gasteiger charge is 2.53. The summed E-state index contributed by atoms with van der Waals surface area (Å²) in [6.45, 7) is 1.59. The van der Waals surface area contributed by atoms with Crippen LogP contribution < -0.4 is 5.32 Å². The Kier molecular flexibility index (Phi) is 44.5. The topological polar surface area (TPSA) is 307 Å². The number of hydrogen-bond donors (Lipinski definition) is 12. The van der Waals surface area contributed by atoms with E-state index < -0.39 is 124 Å². The molecule has 3 fully saturated rings. The molecule has 0 aliphatic carbocycles. The molecular formula is C67H119NO18. The Labute approximate surface area is 515 Å². The lowest BCUT2D eigenvalue weighted by Gasteiger charge is -2.48. The van der Waals surface area contributed by atoms with Crippen LogP contribution in [0.4, 0.5) is 0 Å². The van der Waals surface area contributed by atoms with Crippen LogP contribution in [0.1, 0.15) is 226 Å². The Morgan fingerprint density at radius 3 is 1.26 bits per heavy atom. The third-order valence-corrected chi connectivity index (χ3v) is 16.6. The number of aliphatic hydroxyl groups is 11. The van der Waals surface area contributed by atoms with E-state index in [1.54, 1.807) is 0 Å². The zero-order chi connectivity index (χ0) is 62.6. The van der Waals surface area contributed by atoms with Crippen molar-refractivity contribution in [2.24, 2.45) is 0 Å². The second-order valence-corrected chi connectivity index (χ2v) is 23.9. The third-order valence-electron chi connectivity index (χ3n) is 16.6. The number of nitrogens with one attached hydrogen (secondary N) is 1. The van der Waals surface area contributed by atoms with Gasteiger partial charge in [-0.3, -0.25) is 4.79 Å². The quantitative estimate of drug-likeness (QED) is 0.0203. The summed E-state index contributed by atoms with van der Waals surface area (Å²) in [6.07, 6.45) is 32.5. The number of carbonyl (C=O) groups excluding carboxylic acids is 1.